The van der Waals surface area contributed by atoms with Gasteiger partial charge < -0.3 is 14.6 Å². The molecule has 2 aliphatic heterocycles. The molecule has 0 bridgehead atoms. The van der Waals surface area contributed by atoms with Gasteiger partial charge in [0.05, 0.1) is 18.8 Å². The van der Waals surface area contributed by atoms with Crippen molar-refractivity contribution < 1.29 is 14.6 Å². The summed E-state index contributed by atoms with van der Waals surface area (Å²) in [7, 11) is 0. The van der Waals surface area contributed by atoms with Gasteiger partial charge in [-0.3, -0.25) is 9.80 Å². The summed E-state index contributed by atoms with van der Waals surface area (Å²) in [6.45, 7) is 9.76. The molecule has 3 rings (SSSR count). The quantitative estimate of drug-likeness (QED) is 0.813. The van der Waals surface area contributed by atoms with Gasteiger partial charge in [-0.25, -0.2) is 0 Å². The van der Waals surface area contributed by atoms with E-state index in [1.165, 1.54) is 5.56 Å². The Morgan fingerprint density at radius 3 is 2.64 bits per heavy atom. The number of aliphatic hydroxyl groups is 1. The minimum Gasteiger partial charge on any atom is -0.388 e. The molecule has 5 heteroatoms. The minimum absolute atomic E-state index is 0.471. The molecule has 140 valence electrons. The molecule has 1 atom stereocenters. The van der Waals surface area contributed by atoms with Crippen LogP contribution in [-0.2, 0) is 16.0 Å². The molecule has 0 aliphatic carbocycles. The van der Waals surface area contributed by atoms with Gasteiger partial charge in [0, 0.05) is 64.8 Å². The number of benzene rings is 1. The maximum Gasteiger partial charge on any atom is 0.0818 e. The first-order chi connectivity index (χ1) is 12.1. The SMILES string of the molecule is CC1COCCN1CCN(Cc1ccccc1)CC1(O)CCOCC1. The minimum atomic E-state index is -0.621. The Bertz CT molecular complexity index is 505. The zero-order valence-electron chi connectivity index (χ0n) is 15.4. The summed E-state index contributed by atoms with van der Waals surface area (Å²) >= 11 is 0. The molecule has 5 nitrogen and oxygen atoms in total. The van der Waals surface area contributed by atoms with Gasteiger partial charge >= 0.3 is 0 Å². The van der Waals surface area contributed by atoms with Crippen molar-refractivity contribution in [2.75, 3.05) is 52.6 Å². The lowest BCUT2D eigenvalue weighted by Gasteiger charge is -2.39. The lowest BCUT2D eigenvalue weighted by Crippen LogP contribution is -2.50. The summed E-state index contributed by atoms with van der Waals surface area (Å²) in [5.41, 5.74) is 0.678. The van der Waals surface area contributed by atoms with Crippen molar-refractivity contribution in [3.63, 3.8) is 0 Å². The van der Waals surface area contributed by atoms with Gasteiger partial charge in [0.1, 0.15) is 0 Å². The fourth-order valence-corrected chi connectivity index (χ4v) is 3.74. The Kier molecular flexibility index (Phi) is 6.84. The van der Waals surface area contributed by atoms with Gasteiger partial charge in [0.2, 0.25) is 0 Å². The van der Waals surface area contributed by atoms with Crippen molar-refractivity contribution >= 4 is 0 Å². The Labute approximate surface area is 151 Å². The van der Waals surface area contributed by atoms with Crippen LogP contribution in [0.1, 0.15) is 25.3 Å². The second kappa shape index (κ2) is 9.10. The average molecular weight is 348 g/mol. The third kappa shape index (κ3) is 5.76. The highest BCUT2D eigenvalue weighted by Crippen LogP contribution is 2.23. The zero-order valence-corrected chi connectivity index (χ0v) is 15.4. The number of rotatable bonds is 7. The average Bonchev–Trinajstić information content (AvgIpc) is 2.62. The Morgan fingerprint density at radius 1 is 1.16 bits per heavy atom. The fourth-order valence-electron chi connectivity index (χ4n) is 3.74. The number of hydrogen-bond acceptors (Lipinski definition) is 5. The summed E-state index contributed by atoms with van der Waals surface area (Å²) in [6, 6.07) is 11.0. The van der Waals surface area contributed by atoms with Crippen molar-refractivity contribution in [2.45, 2.75) is 38.0 Å². The van der Waals surface area contributed by atoms with E-state index in [-0.39, 0.29) is 0 Å². The molecule has 25 heavy (non-hydrogen) atoms. The highest BCUT2D eigenvalue weighted by molar-refractivity contribution is 5.14. The van der Waals surface area contributed by atoms with E-state index in [9.17, 15) is 5.11 Å². The van der Waals surface area contributed by atoms with Crippen LogP contribution in [-0.4, -0.2) is 79.2 Å². The molecule has 0 aromatic heterocycles. The molecular weight excluding hydrogens is 316 g/mol. The van der Waals surface area contributed by atoms with Gasteiger partial charge in [-0.05, 0) is 12.5 Å². The second-order valence-electron chi connectivity index (χ2n) is 7.49. The van der Waals surface area contributed by atoms with E-state index in [0.717, 1.165) is 52.2 Å². The van der Waals surface area contributed by atoms with Gasteiger partial charge in [-0.15, -0.1) is 0 Å². The third-order valence-electron chi connectivity index (χ3n) is 5.40. The van der Waals surface area contributed by atoms with Crippen LogP contribution in [0.2, 0.25) is 0 Å². The maximum atomic E-state index is 11.0. The molecule has 0 amide bonds. The molecule has 1 aromatic carbocycles. The van der Waals surface area contributed by atoms with Crippen molar-refractivity contribution in [1.82, 2.24) is 9.80 Å². The van der Waals surface area contributed by atoms with Gasteiger partial charge in [0.25, 0.3) is 0 Å². The first-order valence-electron chi connectivity index (χ1n) is 9.53. The van der Waals surface area contributed by atoms with Crippen LogP contribution in [0.3, 0.4) is 0 Å². The normalized spacial score (nSPS) is 24.5. The van der Waals surface area contributed by atoms with E-state index in [0.29, 0.717) is 25.8 Å². The molecule has 2 aliphatic rings. The molecule has 1 unspecified atom stereocenters. The van der Waals surface area contributed by atoms with E-state index >= 15 is 0 Å². The maximum absolute atomic E-state index is 11.0. The van der Waals surface area contributed by atoms with Crippen LogP contribution < -0.4 is 0 Å². The Balaban J connectivity index is 1.61. The molecule has 1 aromatic rings. The van der Waals surface area contributed by atoms with Crippen LogP contribution in [0.5, 0.6) is 0 Å². The first kappa shape index (κ1) is 18.8. The van der Waals surface area contributed by atoms with E-state index in [1.807, 2.05) is 0 Å². The van der Waals surface area contributed by atoms with Crippen molar-refractivity contribution in [3.8, 4) is 0 Å². The van der Waals surface area contributed by atoms with E-state index in [2.05, 4.69) is 47.1 Å². The van der Waals surface area contributed by atoms with E-state index in [1.54, 1.807) is 0 Å². The Morgan fingerprint density at radius 2 is 1.92 bits per heavy atom. The van der Waals surface area contributed by atoms with Crippen LogP contribution in [0, 0.1) is 0 Å². The van der Waals surface area contributed by atoms with Crippen LogP contribution in [0.25, 0.3) is 0 Å². The lowest BCUT2D eigenvalue weighted by molar-refractivity contribution is -0.0829. The number of hydrogen-bond donors (Lipinski definition) is 1. The summed E-state index contributed by atoms with van der Waals surface area (Å²) in [6.07, 6.45) is 1.46. The van der Waals surface area contributed by atoms with Gasteiger partial charge in [-0.1, -0.05) is 30.3 Å². The number of morpholine rings is 1. The molecule has 1 N–H and O–H groups in total. The highest BCUT2D eigenvalue weighted by atomic mass is 16.5. The van der Waals surface area contributed by atoms with Crippen LogP contribution in [0.15, 0.2) is 30.3 Å². The predicted octanol–water partition coefficient (Wildman–Crippen LogP) is 1.75. The highest BCUT2D eigenvalue weighted by Gasteiger charge is 2.32. The van der Waals surface area contributed by atoms with Gasteiger partial charge in [0.15, 0.2) is 0 Å². The molecule has 2 heterocycles. The monoisotopic (exact) mass is 348 g/mol. The summed E-state index contributed by atoms with van der Waals surface area (Å²) in [4.78, 5) is 4.90. The third-order valence-corrected chi connectivity index (χ3v) is 5.40. The summed E-state index contributed by atoms with van der Waals surface area (Å²) in [5, 5.41) is 11.0. The van der Waals surface area contributed by atoms with E-state index < -0.39 is 5.60 Å². The molecule has 0 spiro atoms. The largest absolute Gasteiger partial charge is 0.388 e. The molecular formula is C20H32N2O3. The zero-order chi connectivity index (χ0) is 17.5. The molecule has 0 radical (unpaired) electrons. The molecule has 2 saturated heterocycles. The molecule has 0 saturated carbocycles. The van der Waals surface area contributed by atoms with Gasteiger partial charge in [-0.2, -0.15) is 0 Å². The smallest absolute Gasteiger partial charge is 0.0818 e. The molecule has 2 fully saturated rings. The lowest BCUT2D eigenvalue weighted by atomic mass is 9.93. The number of ether oxygens (including phenoxy) is 2. The first-order valence-corrected chi connectivity index (χ1v) is 9.53. The fraction of sp³-hybridized carbons (Fsp3) is 0.700. The number of nitrogens with zero attached hydrogens (tertiary/aromatic N) is 2. The Hall–Kier alpha value is -0.980. The van der Waals surface area contributed by atoms with Crippen LogP contribution >= 0.6 is 0 Å². The predicted molar refractivity (Wildman–Crippen MR) is 98.6 cm³/mol. The summed E-state index contributed by atoms with van der Waals surface area (Å²) < 4.78 is 11.0. The van der Waals surface area contributed by atoms with Crippen molar-refractivity contribution in [1.29, 1.82) is 0 Å². The topological polar surface area (TPSA) is 45.2 Å². The second-order valence-corrected chi connectivity index (χ2v) is 7.49. The van der Waals surface area contributed by atoms with E-state index in [4.69, 9.17) is 9.47 Å². The van der Waals surface area contributed by atoms with Crippen molar-refractivity contribution in [2.24, 2.45) is 0 Å². The van der Waals surface area contributed by atoms with Crippen LogP contribution in [0.4, 0.5) is 0 Å². The standard InChI is InChI=1S/C20H32N2O3/c1-18-16-25-14-11-22(18)10-9-21(15-19-5-3-2-4-6-19)17-20(23)7-12-24-13-8-20/h2-6,18,23H,7-17H2,1H3. The summed E-state index contributed by atoms with van der Waals surface area (Å²) in [5.74, 6) is 0. The van der Waals surface area contributed by atoms with Crippen molar-refractivity contribution in [3.05, 3.63) is 35.9 Å².